The second kappa shape index (κ2) is 6.12. The number of hydrogen-bond acceptors (Lipinski definition) is 3. The molecular weight excluding hydrogens is 254 g/mol. The van der Waals surface area contributed by atoms with E-state index in [1.165, 1.54) is 0 Å². The van der Waals surface area contributed by atoms with E-state index in [1.54, 1.807) is 11.9 Å². The Bertz CT molecular complexity index is 369. The molecule has 2 aliphatic rings. The van der Waals surface area contributed by atoms with E-state index in [0.29, 0.717) is 0 Å². The minimum absolute atomic E-state index is 0.0863. The van der Waals surface area contributed by atoms with E-state index in [2.05, 4.69) is 19.2 Å². The van der Waals surface area contributed by atoms with Crippen molar-refractivity contribution in [1.29, 1.82) is 0 Å². The average Bonchev–Trinajstić information content (AvgIpc) is 3.09. The quantitative estimate of drug-likeness (QED) is 0.825. The van der Waals surface area contributed by atoms with Gasteiger partial charge in [-0.1, -0.05) is 13.8 Å². The number of carbonyl (C=O) groups excluding carboxylic acids is 2. The van der Waals surface area contributed by atoms with Gasteiger partial charge in [0.25, 0.3) is 0 Å². The van der Waals surface area contributed by atoms with Crippen LogP contribution in [0.25, 0.3) is 0 Å². The summed E-state index contributed by atoms with van der Waals surface area (Å²) < 4.78 is 0. The lowest BCUT2D eigenvalue weighted by Gasteiger charge is -2.35. The fraction of sp³-hybridized carbons (Fsp3) is 0.867. The lowest BCUT2D eigenvalue weighted by molar-refractivity contribution is -0.147. The normalized spacial score (nSPS) is 26.3. The zero-order chi connectivity index (χ0) is 14.8. The summed E-state index contributed by atoms with van der Waals surface area (Å²) in [6.07, 6.45) is 3.04. The summed E-state index contributed by atoms with van der Waals surface area (Å²) in [4.78, 5) is 28.4. The van der Waals surface area contributed by atoms with E-state index in [9.17, 15) is 9.59 Å². The Labute approximate surface area is 121 Å². The molecule has 2 amide bonds. The van der Waals surface area contributed by atoms with Gasteiger partial charge in [-0.25, -0.2) is 0 Å². The van der Waals surface area contributed by atoms with Crippen molar-refractivity contribution in [2.24, 2.45) is 11.3 Å². The number of likely N-dealkylation sites (tertiary alicyclic amines) is 1. The van der Waals surface area contributed by atoms with Crippen LogP contribution >= 0.6 is 0 Å². The third-order valence-corrected chi connectivity index (χ3v) is 4.90. The molecule has 0 radical (unpaired) electrons. The number of rotatable bonds is 4. The molecule has 1 unspecified atom stereocenters. The lowest BCUT2D eigenvalue weighted by Crippen LogP contribution is -2.49. The fourth-order valence-corrected chi connectivity index (χ4v) is 3.35. The Morgan fingerprint density at radius 3 is 2.45 bits per heavy atom. The molecule has 2 aliphatic heterocycles. The minimum Gasteiger partial charge on any atom is -0.341 e. The standard InChI is InChI=1S/C15H27N3O2/c1-12(2)15(6-7-16-11-15)14(20)17(3)10-13(19)18-8-4-5-9-18/h12,16H,4-11H2,1-3H3. The minimum atomic E-state index is -0.333. The van der Waals surface area contributed by atoms with Gasteiger partial charge in [-0.2, -0.15) is 0 Å². The van der Waals surface area contributed by atoms with E-state index in [1.807, 2.05) is 4.90 Å². The smallest absolute Gasteiger partial charge is 0.242 e. The van der Waals surface area contributed by atoms with Crippen LogP contribution in [0.3, 0.4) is 0 Å². The van der Waals surface area contributed by atoms with E-state index >= 15 is 0 Å². The van der Waals surface area contributed by atoms with Crippen LogP contribution in [0.4, 0.5) is 0 Å². The van der Waals surface area contributed by atoms with Gasteiger partial charge >= 0.3 is 0 Å². The summed E-state index contributed by atoms with van der Waals surface area (Å²) in [7, 11) is 1.76. The molecule has 5 heteroatoms. The maximum absolute atomic E-state index is 12.8. The molecule has 0 aliphatic carbocycles. The highest BCUT2D eigenvalue weighted by atomic mass is 16.2. The van der Waals surface area contributed by atoms with Crippen molar-refractivity contribution in [3.8, 4) is 0 Å². The number of likely N-dealkylation sites (N-methyl/N-ethyl adjacent to an activating group) is 1. The van der Waals surface area contributed by atoms with Crippen LogP contribution in [0, 0.1) is 11.3 Å². The van der Waals surface area contributed by atoms with Gasteiger partial charge in [0, 0.05) is 26.7 Å². The number of nitrogens with one attached hydrogen (secondary N) is 1. The largest absolute Gasteiger partial charge is 0.341 e. The predicted molar refractivity (Wildman–Crippen MR) is 78.2 cm³/mol. The van der Waals surface area contributed by atoms with Crippen LogP contribution < -0.4 is 5.32 Å². The zero-order valence-corrected chi connectivity index (χ0v) is 12.9. The molecule has 1 N–H and O–H groups in total. The molecule has 0 spiro atoms. The summed E-state index contributed by atoms with van der Waals surface area (Å²) in [6, 6.07) is 0. The molecule has 2 saturated heterocycles. The summed E-state index contributed by atoms with van der Waals surface area (Å²) in [6.45, 7) is 7.72. The highest BCUT2D eigenvalue weighted by Gasteiger charge is 2.45. The molecule has 2 heterocycles. The van der Waals surface area contributed by atoms with Crippen molar-refractivity contribution >= 4 is 11.8 Å². The van der Waals surface area contributed by atoms with Gasteiger partial charge in [-0.05, 0) is 31.7 Å². The summed E-state index contributed by atoms with van der Waals surface area (Å²) in [5.41, 5.74) is -0.333. The topological polar surface area (TPSA) is 52.7 Å². The molecule has 5 nitrogen and oxygen atoms in total. The summed E-state index contributed by atoms with van der Waals surface area (Å²) >= 11 is 0. The molecule has 20 heavy (non-hydrogen) atoms. The van der Waals surface area contributed by atoms with Crippen molar-refractivity contribution in [2.45, 2.75) is 33.1 Å². The second-order valence-corrected chi connectivity index (χ2v) is 6.49. The molecule has 0 saturated carbocycles. The SMILES string of the molecule is CC(C)C1(C(=O)N(C)CC(=O)N2CCCC2)CCNC1. The first kappa shape index (κ1) is 15.3. The maximum Gasteiger partial charge on any atom is 0.242 e. The fourth-order valence-electron chi connectivity index (χ4n) is 3.35. The number of nitrogens with zero attached hydrogens (tertiary/aromatic N) is 2. The first-order valence-corrected chi connectivity index (χ1v) is 7.71. The van der Waals surface area contributed by atoms with Gasteiger partial charge in [-0.3, -0.25) is 9.59 Å². The van der Waals surface area contributed by atoms with Crippen molar-refractivity contribution in [1.82, 2.24) is 15.1 Å². The summed E-state index contributed by atoms with van der Waals surface area (Å²) in [5, 5.41) is 3.30. The molecule has 0 bridgehead atoms. The molecule has 114 valence electrons. The average molecular weight is 281 g/mol. The summed E-state index contributed by atoms with van der Waals surface area (Å²) in [5.74, 6) is 0.489. The number of amides is 2. The molecule has 0 aromatic rings. The second-order valence-electron chi connectivity index (χ2n) is 6.49. The van der Waals surface area contributed by atoms with Crippen LogP contribution in [0.2, 0.25) is 0 Å². The van der Waals surface area contributed by atoms with Crippen molar-refractivity contribution < 1.29 is 9.59 Å². The zero-order valence-electron chi connectivity index (χ0n) is 12.9. The first-order valence-electron chi connectivity index (χ1n) is 7.71. The van der Waals surface area contributed by atoms with Gasteiger partial charge in [-0.15, -0.1) is 0 Å². The van der Waals surface area contributed by atoms with E-state index < -0.39 is 0 Å². The highest BCUT2D eigenvalue weighted by Crippen LogP contribution is 2.35. The van der Waals surface area contributed by atoms with E-state index in [-0.39, 0.29) is 29.7 Å². The third-order valence-electron chi connectivity index (χ3n) is 4.90. The van der Waals surface area contributed by atoms with Crippen molar-refractivity contribution in [2.75, 3.05) is 39.8 Å². The first-order chi connectivity index (χ1) is 9.47. The van der Waals surface area contributed by atoms with Gasteiger partial charge in [0.2, 0.25) is 11.8 Å². The van der Waals surface area contributed by atoms with Crippen LogP contribution in [0.5, 0.6) is 0 Å². The Morgan fingerprint density at radius 1 is 1.30 bits per heavy atom. The molecular formula is C15H27N3O2. The number of hydrogen-bond donors (Lipinski definition) is 1. The Hall–Kier alpha value is -1.10. The van der Waals surface area contributed by atoms with E-state index in [0.717, 1.165) is 45.4 Å². The van der Waals surface area contributed by atoms with Gasteiger partial charge < -0.3 is 15.1 Å². The van der Waals surface area contributed by atoms with Gasteiger partial charge in [0.05, 0.1) is 12.0 Å². The molecule has 2 fully saturated rings. The maximum atomic E-state index is 12.8. The van der Waals surface area contributed by atoms with Crippen molar-refractivity contribution in [3.05, 3.63) is 0 Å². The molecule has 0 aromatic heterocycles. The van der Waals surface area contributed by atoms with E-state index in [4.69, 9.17) is 0 Å². The lowest BCUT2D eigenvalue weighted by atomic mass is 9.75. The van der Waals surface area contributed by atoms with Crippen LogP contribution in [-0.2, 0) is 9.59 Å². The van der Waals surface area contributed by atoms with Crippen LogP contribution in [0.15, 0.2) is 0 Å². The molecule has 1 atom stereocenters. The number of carbonyl (C=O) groups is 2. The molecule has 0 aromatic carbocycles. The Morgan fingerprint density at radius 2 is 1.95 bits per heavy atom. The highest BCUT2D eigenvalue weighted by molar-refractivity contribution is 5.88. The van der Waals surface area contributed by atoms with Crippen LogP contribution in [0.1, 0.15) is 33.1 Å². The Balaban J connectivity index is 1.98. The Kier molecular flexibility index (Phi) is 4.68. The van der Waals surface area contributed by atoms with Crippen molar-refractivity contribution in [3.63, 3.8) is 0 Å². The monoisotopic (exact) mass is 281 g/mol. The molecule has 2 rings (SSSR count). The third kappa shape index (κ3) is 2.82. The van der Waals surface area contributed by atoms with Gasteiger partial charge in [0.15, 0.2) is 0 Å². The van der Waals surface area contributed by atoms with Gasteiger partial charge in [0.1, 0.15) is 0 Å². The predicted octanol–water partition coefficient (Wildman–Crippen LogP) is 0.703. The van der Waals surface area contributed by atoms with Crippen LogP contribution in [-0.4, -0.2) is 61.4 Å².